The van der Waals surface area contributed by atoms with Crippen LogP contribution in [0.4, 0.5) is 4.39 Å². The average molecular weight is 377 g/mol. The summed E-state index contributed by atoms with van der Waals surface area (Å²) in [7, 11) is 0. The average Bonchev–Trinajstić information content (AvgIpc) is 2.02. The van der Waals surface area contributed by atoms with E-state index in [0.717, 1.165) is 0 Å². The first-order valence-corrected chi connectivity index (χ1v) is 5.87. The SMILES string of the molecule is O=C(CBr)c1c(F)cc(I)cc1Cl. The first-order valence-electron chi connectivity index (χ1n) is 3.30. The zero-order chi connectivity index (χ0) is 10.0. The molecule has 5 heteroatoms. The van der Waals surface area contributed by atoms with Crippen LogP contribution in [-0.4, -0.2) is 11.1 Å². The molecule has 0 aliphatic rings. The Balaban J connectivity index is 3.28. The molecule has 0 aliphatic carbocycles. The van der Waals surface area contributed by atoms with E-state index < -0.39 is 5.82 Å². The number of alkyl halides is 1. The van der Waals surface area contributed by atoms with E-state index in [9.17, 15) is 9.18 Å². The van der Waals surface area contributed by atoms with E-state index in [1.165, 1.54) is 6.07 Å². The highest BCUT2D eigenvalue weighted by Crippen LogP contribution is 2.23. The minimum atomic E-state index is -0.568. The number of halogens is 4. The molecule has 0 amide bonds. The molecule has 0 saturated carbocycles. The summed E-state index contributed by atoms with van der Waals surface area (Å²) in [5.41, 5.74) is -0.0426. The molecular formula is C8H4BrClFIO. The monoisotopic (exact) mass is 376 g/mol. The van der Waals surface area contributed by atoms with Crippen molar-refractivity contribution in [3.8, 4) is 0 Å². The van der Waals surface area contributed by atoms with Crippen molar-refractivity contribution < 1.29 is 9.18 Å². The van der Waals surface area contributed by atoms with Crippen molar-refractivity contribution in [1.82, 2.24) is 0 Å². The molecule has 0 aliphatic heterocycles. The van der Waals surface area contributed by atoms with Crippen molar-refractivity contribution in [2.24, 2.45) is 0 Å². The maximum atomic E-state index is 13.2. The Kier molecular flexibility index (Phi) is 4.12. The van der Waals surface area contributed by atoms with Gasteiger partial charge in [0, 0.05) is 3.57 Å². The molecule has 0 aromatic heterocycles. The van der Waals surface area contributed by atoms with Crippen LogP contribution in [0.15, 0.2) is 12.1 Å². The van der Waals surface area contributed by atoms with Crippen LogP contribution in [0, 0.1) is 9.39 Å². The molecule has 0 bridgehead atoms. The van der Waals surface area contributed by atoms with Crippen molar-refractivity contribution in [3.05, 3.63) is 32.1 Å². The second-order valence-electron chi connectivity index (χ2n) is 2.30. The van der Waals surface area contributed by atoms with Crippen LogP contribution in [0.25, 0.3) is 0 Å². The topological polar surface area (TPSA) is 17.1 Å². The summed E-state index contributed by atoms with van der Waals surface area (Å²) in [6.07, 6.45) is 0. The quantitative estimate of drug-likeness (QED) is 0.437. The lowest BCUT2D eigenvalue weighted by atomic mass is 10.1. The fourth-order valence-electron chi connectivity index (χ4n) is 0.875. The Morgan fingerprint density at radius 3 is 2.69 bits per heavy atom. The van der Waals surface area contributed by atoms with Crippen LogP contribution in [0.3, 0.4) is 0 Å². The first-order chi connectivity index (χ1) is 6.06. The molecule has 0 saturated heterocycles. The third kappa shape index (κ3) is 2.63. The highest BCUT2D eigenvalue weighted by atomic mass is 127. The zero-order valence-corrected chi connectivity index (χ0v) is 10.8. The standard InChI is InChI=1S/C8H4BrClFIO/c9-3-7(13)8-5(10)1-4(12)2-6(8)11/h1-2H,3H2. The smallest absolute Gasteiger partial charge is 0.177 e. The maximum absolute atomic E-state index is 13.2. The number of Topliss-reactive ketones (excluding diaryl/α,β-unsaturated/α-hetero) is 1. The molecule has 1 aromatic carbocycles. The van der Waals surface area contributed by atoms with Crippen molar-refractivity contribution >= 4 is 55.9 Å². The van der Waals surface area contributed by atoms with Crippen LogP contribution < -0.4 is 0 Å². The summed E-state index contributed by atoms with van der Waals surface area (Å²) < 4.78 is 13.9. The largest absolute Gasteiger partial charge is 0.293 e. The summed E-state index contributed by atoms with van der Waals surface area (Å²) in [5, 5.41) is 0.235. The molecule has 1 aromatic rings. The van der Waals surface area contributed by atoms with Gasteiger partial charge in [0.05, 0.1) is 15.9 Å². The van der Waals surface area contributed by atoms with Crippen LogP contribution in [0.2, 0.25) is 5.02 Å². The van der Waals surface area contributed by atoms with Gasteiger partial charge in [-0.3, -0.25) is 4.79 Å². The molecule has 1 nitrogen and oxygen atoms in total. The van der Waals surface area contributed by atoms with Gasteiger partial charge in [0.25, 0.3) is 0 Å². The highest BCUT2D eigenvalue weighted by Gasteiger charge is 2.15. The normalized spacial score (nSPS) is 10.2. The van der Waals surface area contributed by atoms with Gasteiger partial charge in [0.2, 0.25) is 0 Å². The van der Waals surface area contributed by atoms with Crippen molar-refractivity contribution in [3.63, 3.8) is 0 Å². The van der Waals surface area contributed by atoms with Gasteiger partial charge in [-0.05, 0) is 34.7 Å². The molecule has 0 N–H and O–H groups in total. The number of carbonyl (C=O) groups is 1. The highest BCUT2D eigenvalue weighted by molar-refractivity contribution is 14.1. The van der Waals surface area contributed by atoms with E-state index in [4.69, 9.17) is 11.6 Å². The Morgan fingerprint density at radius 1 is 1.62 bits per heavy atom. The summed E-state index contributed by atoms with van der Waals surface area (Å²) in [6, 6.07) is 2.84. The molecule has 0 radical (unpaired) electrons. The number of ketones is 1. The Hall–Kier alpha value is 0.320. The number of carbonyl (C=O) groups excluding carboxylic acids is 1. The van der Waals surface area contributed by atoms with Gasteiger partial charge >= 0.3 is 0 Å². The van der Waals surface area contributed by atoms with Crippen molar-refractivity contribution in [2.75, 3.05) is 5.33 Å². The molecule has 70 valence electrons. The van der Waals surface area contributed by atoms with Crippen LogP contribution >= 0.6 is 50.1 Å². The van der Waals surface area contributed by atoms with Crippen molar-refractivity contribution in [1.29, 1.82) is 0 Å². The van der Waals surface area contributed by atoms with Crippen LogP contribution in [0.1, 0.15) is 10.4 Å². The third-order valence-corrected chi connectivity index (χ3v) is 2.84. The Labute approximate surface area is 102 Å². The summed E-state index contributed by atoms with van der Waals surface area (Å²) in [6.45, 7) is 0. The third-order valence-electron chi connectivity index (χ3n) is 1.41. The van der Waals surface area contributed by atoms with Gasteiger partial charge < -0.3 is 0 Å². The predicted molar refractivity (Wildman–Crippen MR) is 62.3 cm³/mol. The van der Waals surface area contributed by atoms with Gasteiger partial charge in [0.15, 0.2) is 5.78 Å². The Morgan fingerprint density at radius 2 is 2.23 bits per heavy atom. The molecule has 13 heavy (non-hydrogen) atoms. The van der Waals surface area contributed by atoms with E-state index in [1.807, 2.05) is 22.6 Å². The molecule has 0 spiro atoms. The number of benzene rings is 1. The predicted octanol–water partition coefficient (Wildman–Crippen LogP) is 3.66. The second-order valence-corrected chi connectivity index (χ2v) is 4.51. The lowest BCUT2D eigenvalue weighted by molar-refractivity contribution is 0.102. The van der Waals surface area contributed by atoms with E-state index in [0.29, 0.717) is 3.57 Å². The fourth-order valence-corrected chi connectivity index (χ4v) is 2.24. The molecule has 1 rings (SSSR count). The Bertz CT molecular complexity index is 333. The zero-order valence-electron chi connectivity index (χ0n) is 6.28. The number of hydrogen-bond donors (Lipinski definition) is 0. The molecule has 0 heterocycles. The fraction of sp³-hybridized carbons (Fsp3) is 0.125. The minimum absolute atomic E-state index is 0.0426. The van der Waals surface area contributed by atoms with E-state index in [1.54, 1.807) is 6.07 Å². The lowest BCUT2D eigenvalue weighted by Gasteiger charge is -2.03. The molecular weight excluding hydrogens is 373 g/mol. The van der Waals surface area contributed by atoms with Crippen molar-refractivity contribution in [2.45, 2.75) is 0 Å². The van der Waals surface area contributed by atoms with Crippen LogP contribution in [0.5, 0.6) is 0 Å². The number of hydrogen-bond acceptors (Lipinski definition) is 1. The summed E-state index contributed by atoms with van der Waals surface area (Å²) in [5.74, 6) is -0.916. The van der Waals surface area contributed by atoms with E-state index >= 15 is 0 Å². The van der Waals surface area contributed by atoms with Gasteiger partial charge in [-0.15, -0.1) is 0 Å². The lowest BCUT2D eigenvalue weighted by Crippen LogP contribution is -2.04. The van der Waals surface area contributed by atoms with E-state index in [2.05, 4.69) is 15.9 Å². The van der Waals surface area contributed by atoms with Gasteiger partial charge in [-0.2, -0.15) is 0 Å². The van der Waals surface area contributed by atoms with Gasteiger partial charge in [-0.1, -0.05) is 27.5 Å². The van der Waals surface area contributed by atoms with E-state index in [-0.39, 0.29) is 21.7 Å². The first kappa shape index (κ1) is 11.4. The minimum Gasteiger partial charge on any atom is -0.293 e. The molecule has 0 fully saturated rings. The second kappa shape index (κ2) is 4.70. The molecule has 0 atom stereocenters. The maximum Gasteiger partial charge on any atom is 0.177 e. The van der Waals surface area contributed by atoms with Gasteiger partial charge in [0.1, 0.15) is 5.82 Å². The molecule has 0 unspecified atom stereocenters. The summed E-state index contributed by atoms with van der Waals surface area (Å²) in [4.78, 5) is 11.2. The summed E-state index contributed by atoms with van der Waals surface area (Å²) >= 11 is 10.6. The number of rotatable bonds is 2. The van der Waals surface area contributed by atoms with Gasteiger partial charge in [-0.25, -0.2) is 4.39 Å². The van der Waals surface area contributed by atoms with Crippen LogP contribution in [-0.2, 0) is 0 Å².